The molecule has 1 aromatic rings. The molecule has 1 atom stereocenters. The molecule has 0 saturated heterocycles. The number of rotatable bonds is 6. The van der Waals surface area contributed by atoms with E-state index in [0.717, 1.165) is 13.0 Å². The minimum Gasteiger partial charge on any atom is -0.379 e. The SMILES string of the molecule is COC(C)(C)CC(C)NCc1ccn(C)c1. The van der Waals surface area contributed by atoms with Crippen molar-refractivity contribution >= 4 is 0 Å². The van der Waals surface area contributed by atoms with Crippen LogP contribution in [-0.4, -0.2) is 23.3 Å². The normalized spacial score (nSPS) is 14.1. The first-order valence-electron chi connectivity index (χ1n) is 5.82. The molecular weight excluding hydrogens is 200 g/mol. The third-order valence-electron chi connectivity index (χ3n) is 2.90. The topological polar surface area (TPSA) is 26.2 Å². The fraction of sp³-hybridized carbons (Fsp3) is 0.692. The lowest BCUT2D eigenvalue weighted by Gasteiger charge is -2.27. The van der Waals surface area contributed by atoms with Crippen LogP contribution in [0.15, 0.2) is 18.5 Å². The smallest absolute Gasteiger partial charge is 0.0637 e. The van der Waals surface area contributed by atoms with Crippen molar-refractivity contribution in [1.29, 1.82) is 0 Å². The van der Waals surface area contributed by atoms with Gasteiger partial charge in [0.15, 0.2) is 0 Å². The highest BCUT2D eigenvalue weighted by atomic mass is 16.5. The quantitative estimate of drug-likeness (QED) is 0.802. The van der Waals surface area contributed by atoms with Crippen molar-refractivity contribution in [3.8, 4) is 0 Å². The van der Waals surface area contributed by atoms with E-state index in [1.165, 1.54) is 5.56 Å². The first kappa shape index (κ1) is 13.3. The van der Waals surface area contributed by atoms with Gasteiger partial charge < -0.3 is 14.6 Å². The van der Waals surface area contributed by atoms with E-state index < -0.39 is 0 Å². The van der Waals surface area contributed by atoms with E-state index in [1.54, 1.807) is 7.11 Å². The Morgan fingerprint density at radius 2 is 2.19 bits per heavy atom. The lowest BCUT2D eigenvalue weighted by molar-refractivity contribution is 0.00844. The van der Waals surface area contributed by atoms with Crippen molar-refractivity contribution < 1.29 is 4.74 Å². The van der Waals surface area contributed by atoms with E-state index in [0.29, 0.717) is 6.04 Å². The second kappa shape index (κ2) is 5.51. The van der Waals surface area contributed by atoms with E-state index in [9.17, 15) is 0 Å². The van der Waals surface area contributed by atoms with Gasteiger partial charge in [0.05, 0.1) is 5.60 Å². The largest absolute Gasteiger partial charge is 0.379 e. The number of aromatic nitrogens is 1. The van der Waals surface area contributed by atoms with Gasteiger partial charge in [0.25, 0.3) is 0 Å². The summed E-state index contributed by atoms with van der Waals surface area (Å²) in [6.07, 6.45) is 5.22. The molecule has 16 heavy (non-hydrogen) atoms. The molecule has 1 heterocycles. The van der Waals surface area contributed by atoms with Crippen LogP contribution in [0, 0.1) is 0 Å². The maximum Gasteiger partial charge on any atom is 0.0637 e. The van der Waals surface area contributed by atoms with Crippen molar-refractivity contribution in [3.05, 3.63) is 24.0 Å². The number of ether oxygens (including phenoxy) is 1. The van der Waals surface area contributed by atoms with Gasteiger partial charge in [0.1, 0.15) is 0 Å². The molecule has 92 valence electrons. The summed E-state index contributed by atoms with van der Waals surface area (Å²) in [7, 11) is 3.81. The minimum atomic E-state index is -0.0525. The first-order valence-corrected chi connectivity index (χ1v) is 5.82. The minimum absolute atomic E-state index is 0.0525. The Morgan fingerprint density at radius 1 is 1.50 bits per heavy atom. The highest BCUT2D eigenvalue weighted by molar-refractivity contribution is 5.09. The monoisotopic (exact) mass is 224 g/mol. The van der Waals surface area contributed by atoms with Crippen LogP contribution < -0.4 is 5.32 Å². The Bertz CT molecular complexity index is 317. The van der Waals surface area contributed by atoms with Gasteiger partial charge >= 0.3 is 0 Å². The van der Waals surface area contributed by atoms with Gasteiger partial charge in [-0.2, -0.15) is 0 Å². The highest BCUT2D eigenvalue weighted by Crippen LogP contribution is 2.15. The summed E-state index contributed by atoms with van der Waals surface area (Å²) >= 11 is 0. The molecule has 0 saturated carbocycles. The van der Waals surface area contributed by atoms with Crippen LogP contribution in [-0.2, 0) is 18.3 Å². The number of hydrogen-bond donors (Lipinski definition) is 1. The van der Waals surface area contributed by atoms with Crippen molar-refractivity contribution in [2.45, 2.75) is 45.4 Å². The fourth-order valence-corrected chi connectivity index (χ4v) is 1.85. The molecule has 3 nitrogen and oxygen atoms in total. The van der Waals surface area contributed by atoms with Crippen LogP contribution in [0.25, 0.3) is 0 Å². The molecular formula is C13H24N2O. The molecule has 0 aliphatic carbocycles. The number of hydrogen-bond acceptors (Lipinski definition) is 2. The third-order valence-corrected chi connectivity index (χ3v) is 2.90. The van der Waals surface area contributed by atoms with E-state index >= 15 is 0 Å². The summed E-state index contributed by atoms with van der Waals surface area (Å²) < 4.78 is 7.49. The van der Waals surface area contributed by atoms with Gasteiger partial charge in [-0.25, -0.2) is 0 Å². The van der Waals surface area contributed by atoms with Crippen LogP contribution in [0.4, 0.5) is 0 Å². The Morgan fingerprint density at radius 3 is 2.69 bits per heavy atom. The van der Waals surface area contributed by atoms with Gasteiger partial charge in [-0.1, -0.05) is 0 Å². The Kier molecular flexibility index (Phi) is 4.56. The van der Waals surface area contributed by atoms with Crippen molar-refractivity contribution in [1.82, 2.24) is 9.88 Å². The number of nitrogens with zero attached hydrogens (tertiary/aromatic N) is 1. The van der Waals surface area contributed by atoms with Crippen LogP contribution in [0.1, 0.15) is 32.8 Å². The molecule has 0 aliphatic heterocycles. The molecule has 1 rings (SSSR count). The van der Waals surface area contributed by atoms with Crippen LogP contribution in [0.5, 0.6) is 0 Å². The first-order chi connectivity index (χ1) is 7.43. The van der Waals surface area contributed by atoms with Gasteiger partial charge in [-0.3, -0.25) is 0 Å². The van der Waals surface area contributed by atoms with Crippen LogP contribution >= 0.6 is 0 Å². The summed E-state index contributed by atoms with van der Waals surface area (Å²) in [5, 5.41) is 3.51. The Balaban J connectivity index is 2.33. The van der Waals surface area contributed by atoms with Crippen molar-refractivity contribution in [2.24, 2.45) is 7.05 Å². The zero-order valence-corrected chi connectivity index (χ0v) is 11.1. The van der Waals surface area contributed by atoms with E-state index in [4.69, 9.17) is 4.74 Å². The molecule has 0 amide bonds. The number of aryl methyl sites for hydroxylation is 1. The molecule has 1 unspecified atom stereocenters. The van der Waals surface area contributed by atoms with Gasteiger partial charge in [-0.15, -0.1) is 0 Å². The average molecular weight is 224 g/mol. The predicted molar refractivity (Wildman–Crippen MR) is 67.4 cm³/mol. The zero-order valence-electron chi connectivity index (χ0n) is 11.1. The van der Waals surface area contributed by atoms with E-state index in [-0.39, 0.29) is 5.60 Å². The lowest BCUT2D eigenvalue weighted by Crippen LogP contribution is -2.35. The van der Waals surface area contributed by atoms with Crippen LogP contribution in [0.2, 0.25) is 0 Å². The summed E-state index contributed by atoms with van der Waals surface area (Å²) in [4.78, 5) is 0. The van der Waals surface area contributed by atoms with Crippen molar-refractivity contribution in [3.63, 3.8) is 0 Å². The maximum absolute atomic E-state index is 5.42. The van der Waals surface area contributed by atoms with Gasteiger partial charge in [-0.05, 0) is 38.8 Å². The lowest BCUT2D eigenvalue weighted by atomic mass is 10.00. The summed E-state index contributed by atoms with van der Waals surface area (Å²) in [6, 6.07) is 2.59. The molecule has 3 heteroatoms. The van der Waals surface area contributed by atoms with E-state index in [1.807, 2.05) is 7.05 Å². The Labute approximate surface area is 98.8 Å². The molecule has 0 aromatic carbocycles. The number of methoxy groups -OCH3 is 1. The fourth-order valence-electron chi connectivity index (χ4n) is 1.85. The van der Waals surface area contributed by atoms with E-state index in [2.05, 4.69) is 49.1 Å². The zero-order chi connectivity index (χ0) is 12.2. The molecule has 0 spiro atoms. The third kappa shape index (κ3) is 4.37. The van der Waals surface area contributed by atoms with Crippen LogP contribution in [0.3, 0.4) is 0 Å². The maximum atomic E-state index is 5.42. The standard InChI is InChI=1S/C13H24N2O/c1-11(8-13(2,3)16-5)14-9-12-6-7-15(4)10-12/h6-7,10-11,14H,8-9H2,1-5H3. The molecule has 0 radical (unpaired) electrons. The number of nitrogens with one attached hydrogen (secondary N) is 1. The second-order valence-electron chi connectivity index (χ2n) is 5.14. The highest BCUT2D eigenvalue weighted by Gasteiger charge is 2.19. The van der Waals surface area contributed by atoms with Crippen molar-refractivity contribution in [2.75, 3.05) is 7.11 Å². The molecule has 0 bridgehead atoms. The molecule has 0 aliphatic rings. The van der Waals surface area contributed by atoms with Gasteiger partial charge in [0, 0.05) is 39.1 Å². The molecule has 0 fully saturated rings. The summed E-state index contributed by atoms with van der Waals surface area (Å²) in [6.45, 7) is 7.35. The average Bonchev–Trinajstić information content (AvgIpc) is 2.61. The Hall–Kier alpha value is -0.800. The summed E-state index contributed by atoms with van der Waals surface area (Å²) in [5.74, 6) is 0. The predicted octanol–water partition coefficient (Wildman–Crippen LogP) is 2.32. The van der Waals surface area contributed by atoms with Gasteiger partial charge in [0.2, 0.25) is 0 Å². The molecule has 1 aromatic heterocycles. The summed E-state index contributed by atoms with van der Waals surface area (Å²) in [5.41, 5.74) is 1.27. The molecule has 1 N–H and O–H groups in total. The second-order valence-corrected chi connectivity index (χ2v) is 5.14.